The summed E-state index contributed by atoms with van der Waals surface area (Å²) < 4.78 is 0. The van der Waals surface area contributed by atoms with Crippen molar-refractivity contribution in [2.75, 3.05) is 13.1 Å². The largest absolute Gasteiger partial charge is 0.342 e. The minimum atomic E-state index is 0.0658. The van der Waals surface area contributed by atoms with Crippen molar-refractivity contribution in [3.05, 3.63) is 64.5 Å². The third-order valence-electron chi connectivity index (χ3n) is 5.17. The lowest BCUT2D eigenvalue weighted by Crippen LogP contribution is -2.41. The number of rotatable bonds is 4. The van der Waals surface area contributed by atoms with E-state index in [4.69, 9.17) is 4.98 Å². The third-order valence-corrected chi connectivity index (χ3v) is 5.17. The highest BCUT2D eigenvalue weighted by Crippen LogP contribution is 2.28. The quantitative estimate of drug-likeness (QED) is 0.804. The van der Waals surface area contributed by atoms with Gasteiger partial charge in [-0.1, -0.05) is 43.7 Å². The van der Waals surface area contributed by atoms with Crippen LogP contribution in [-0.2, 0) is 11.2 Å². The number of piperidine rings is 1. The number of likely N-dealkylation sites (tertiary alicyclic amines) is 1. The minimum absolute atomic E-state index is 0.0658. The number of amides is 1. The van der Waals surface area contributed by atoms with E-state index in [1.54, 1.807) is 0 Å². The van der Waals surface area contributed by atoms with Gasteiger partial charge >= 0.3 is 0 Å². The molecule has 1 amide bonds. The van der Waals surface area contributed by atoms with E-state index in [0.717, 1.165) is 43.7 Å². The van der Waals surface area contributed by atoms with Gasteiger partial charge in [-0.15, -0.1) is 0 Å². The molecule has 138 valence electrons. The van der Waals surface area contributed by atoms with Gasteiger partial charge in [-0.05, 0) is 56.4 Å². The van der Waals surface area contributed by atoms with Gasteiger partial charge in [0.15, 0.2) is 0 Å². The van der Waals surface area contributed by atoms with Crippen molar-refractivity contribution in [2.45, 2.75) is 52.9 Å². The van der Waals surface area contributed by atoms with E-state index in [-0.39, 0.29) is 11.8 Å². The van der Waals surface area contributed by atoms with E-state index < -0.39 is 0 Å². The second-order valence-electron chi connectivity index (χ2n) is 7.99. The van der Waals surface area contributed by atoms with Crippen molar-refractivity contribution < 1.29 is 4.79 Å². The molecule has 0 aliphatic carbocycles. The van der Waals surface area contributed by atoms with Crippen LogP contribution in [0.25, 0.3) is 0 Å². The summed E-state index contributed by atoms with van der Waals surface area (Å²) in [5, 5.41) is 0. The van der Waals surface area contributed by atoms with Crippen LogP contribution in [0.3, 0.4) is 0 Å². The van der Waals surface area contributed by atoms with Gasteiger partial charge < -0.3 is 4.90 Å². The zero-order valence-corrected chi connectivity index (χ0v) is 16.5. The summed E-state index contributed by atoms with van der Waals surface area (Å²) >= 11 is 0. The summed E-state index contributed by atoms with van der Waals surface area (Å²) in [6.45, 7) is 9.86. The molecule has 1 aliphatic rings. The molecule has 1 aromatic heterocycles. The molecule has 1 saturated heterocycles. The molecule has 1 aromatic carbocycles. The fraction of sp³-hybridized carbons (Fsp3) is 0.478. The highest BCUT2D eigenvalue weighted by Gasteiger charge is 2.27. The third kappa shape index (κ3) is 4.51. The molecule has 0 saturated carbocycles. The van der Waals surface area contributed by atoms with Crippen LogP contribution in [0.2, 0.25) is 0 Å². The smallest absolute Gasteiger partial charge is 0.225 e. The predicted molar refractivity (Wildman–Crippen MR) is 106 cm³/mol. The lowest BCUT2D eigenvalue weighted by atomic mass is 9.91. The van der Waals surface area contributed by atoms with Crippen LogP contribution < -0.4 is 0 Å². The van der Waals surface area contributed by atoms with E-state index in [2.05, 4.69) is 50.2 Å². The topological polar surface area (TPSA) is 33.2 Å². The average molecular weight is 351 g/mol. The van der Waals surface area contributed by atoms with E-state index in [1.165, 1.54) is 16.7 Å². The molecular formula is C23H30N2O. The number of carbonyl (C=O) groups excluding carboxylic acids is 1. The Morgan fingerprint density at radius 2 is 2.00 bits per heavy atom. The van der Waals surface area contributed by atoms with Crippen LogP contribution >= 0.6 is 0 Å². The highest BCUT2D eigenvalue weighted by molar-refractivity contribution is 5.78. The van der Waals surface area contributed by atoms with Crippen molar-refractivity contribution in [3.8, 4) is 0 Å². The van der Waals surface area contributed by atoms with Gasteiger partial charge in [-0.2, -0.15) is 0 Å². The van der Waals surface area contributed by atoms with Gasteiger partial charge in [0.2, 0.25) is 5.91 Å². The average Bonchev–Trinajstić information content (AvgIpc) is 2.60. The fourth-order valence-electron chi connectivity index (χ4n) is 3.92. The Labute approximate surface area is 157 Å². The number of hydrogen-bond donors (Lipinski definition) is 0. The van der Waals surface area contributed by atoms with Crippen molar-refractivity contribution in [2.24, 2.45) is 5.92 Å². The maximum atomic E-state index is 12.4. The van der Waals surface area contributed by atoms with Crippen molar-refractivity contribution >= 4 is 5.91 Å². The summed E-state index contributed by atoms with van der Waals surface area (Å²) in [4.78, 5) is 19.2. The Hall–Kier alpha value is -2.16. The number of nitrogens with zero attached hydrogens (tertiary/aromatic N) is 2. The van der Waals surface area contributed by atoms with E-state index >= 15 is 0 Å². The molecule has 26 heavy (non-hydrogen) atoms. The Morgan fingerprint density at radius 3 is 2.73 bits per heavy atom. The molecule has 1 unspecified atom stereocenters. The van der Waals surface area contributed by atoms with Crippen LogP contribution in [0.15, 0.2) is 36.4 Å². The molecule has 1 fully saturated rings. The number of aromatic nitrogens is 1. The van der Waals surface area contributed by atoms with Crippen molar-refractivity contribution in [3.63, 3.8) is 0 Å². The molecule has 1 atom stereocenters. The van der Waals surface area contributed by atoms with Crippen molar-refractivity contribution in [1.29, 1.82) is 0 Å². The Morgan fingerprint density at radius 1 is 1.19 bits per heavy atom. The molecule has 3 heteroatoms. The molecule has 0 N–H and O–H groups in total. The Bertz CT molecular complexity index is 782. The Kier molecular flexibility index (Phi) is 5.75. The fourth-order valence-corrected chi connectivity index (χ4v) is 3.92. The minimum Gasteiger partial charge on any atom is -0.342 e. The van der Waals surface area contributed by atoms with Crippen LogP contribution in [0, 0.1) is 19.8 Å². The lowest BCUT2D eigenvalue weighted by molar-refractivity contribution is -0.135. The number of hydrogen-bond acceptors (Lipinski definition) is 2. The SMILES string of the molecule is Cc1cccc(Cc2cc(C)nc(C3CCCN(C(=O)C(C)C)C3)c2)c1. The second kappa shape index (κ2) is 8.03. The standard InChI is InChI=1S/C23H30N2O/c1-16(2)23(26)25-10-6-9-21(15-25)22-14-20(12-18(4)24-22)13-19-8-5-7-17(3)11-19/h5,7-8,11-12,14,16,21H,6,9-10,13,15H2,1-4H3. The second-order valence-corrected chi connectivity index (χ2v) is 7.99. The molecule has 2 aromatic rings. The molecular weight excluding hydrogens is 320 g/mol. The maximum Gasteiger partial charge on any atom is 0.225 e. The molecule has 0 radical (unpaired) electrons. The number of pyridine rings is 1. The summed E-state index contributed by atoms with van der Waals surface area (Å²) in [5.74, 6) is 0.682. The van der Waals surface area contributed by atoms with Crippen LogP contribution in [0.5, 0.6) is 0 Å². The molecule has 1 aliphatic heterocycles. The first-order chi connectivity index (χ1) is 12.4. The maximum absolute atomic E-state index is 12.4. The normalized spacial score (nSPS) is 17.6. The summed E-state index contributed by atoms with van der Waals surface area (Å²) in [6, 6.07) is 13.1. The van der Waals surface area contributed by atoms with Crippen LogP contribution in [-0.4, -0.2) is 28.9 Å². The summed E-state index contributed by atoms with van der Waals surface area (Å²) in [5.41, 5.74) is 6.15. The number of carbonyl (C=O) groups is 1. The molecule has 2 heterocycles. The summed E-state index contributed by atoms with van der Waals surface area (Å²) in [6.07, 6.45) is 3.10. The van der Waals surface area contributed by atoms with E-state index in [9.17, 15) is 4.79 Å². The molecule has 3 nitrogen and oxygen atoms in total. The number of benzene rings is 1. The number of aryl methyl sites for hydroxylation is 2. The first-order valence-electron chi connectivity index (χ1n) is 9.74. The first kappa shape index (κ1) is 18.6. The van der Waals surface area contributed by atoms with Gasteiger partial charge in [0, 0.05) is 36.3 Å². The van der Waals surface area contributed by atoms with Crippen LogP contribution in [0.4, 0.5) is 0 Å². The monoisotopic (exact) mass is 350 g/mol. The molecule has 0 spiro atoms. The van der Waals surface area contributed by atoms with Gasteiger partial charge in [0.25, 0.3) is 0 Å². The zero-order chi connectivity index (χ0) is 18.7. The highest BCUT2D eigenvalue weighted by atomic mass is 16.2. The summed E-state index contributed by atoms with van der Waals surface area (Å²) in [7, 11) is 0. The van der Waals surface area contributed by atoms with Gasteiger partial charge in [-0.25, -0.2) is 0 Å². The molecule has 3 rings (SSSR count). The van der Waals surface area contributed by atoms with Gasteiger partial charge in [-0.3, -0.25) is 9.78 Å². The van der Waals surface area contributed by atoms with Gasteiger partial charge in [0.1, 0.15) is 0 Å². The first-order valence-corrected chi connectivity index (χ1v) is 9.74. The van der Waals surface area contributed by atoms with E-state index in [0.29, 0.717) is 5.92 Å². The van der Waals surface area contributed by atoms with Crippen molar-refractivity contribution in [1.82, 2.24) is 9.88 Å². The van der Waals surface area contributed by atoms with E-state index in [1.807, 2.05) is 18.7 Å². The zero-order valence-electron chi connectivity index (χ0n) is 16.5. The Balaban J connectivity index is 1.79. The molecule has 0 bridgehead atoms. The van der Waals surface area contributed by atoms with Gasteiger partial charge in [0.05, 0.1) is 0 Å². The van der Waals surface area contributed by atoms with Crippen LogP contribution in [0.1, 0.15) is 60.7 Å². The lowest BCUT2D eigenvalue weighted by Gasteiger charge is -2.34. The predicted octanol–water partition coefficient (Wildman–Crippen LogP) is 4.65.